The molecule has 0 amide bonds. The minimum Gasteiger partial charge on any atom is -0.462 e. The fourth-order valence-electron chi connectivity index (χ4n) is 10.0. The van der Waals surface area contributed by atoms with E-state index in [1.54, 1.807) is 0 Å². The minimum absolute atomic E-state index is 0.0618. The monoisotopic (exact) mass is 1000 g/mol. The van der Waals surface area contributed by atoms with Crippen molar-refractivity contribution in [1.29, 1.82) is 0 Å². The maximum Gasteiger partial charge on any atom is 0.306 e. The van der Waals surface area contributed by atoms with Crippen LogP contribution in [0, 0.1) is 11.8 Å². The van der Waals surface area contributed by atoms with E-state index in [0.29, 0.717) is 19.3 Å². The third-order valence-electron chi connectivity index (χ3n) is 15.7. The van der Waals surface area contributed by atoms with Crippen LogP contribution >= 0.6 is 0 Å². The highest BCUT2D eigenvalue weighted by atomic mass is 16.6. The highest BCUT2D eigenvalue weighted by molar-refractivity contribution is 5.71. The predicted molar refractivity (Wildman–Crippen MR) is 307 cm³/mol. The molecule has 0 aliphatic heterocycles. The average molecular weight is 1000 g/mol. The zero-order chi connectivity index (χ0) is 51.8. The van der Waals surface area contributed by atoms with E-state index in [9.17, 15) is 14.4 Å². The Bertz CT molecular complexity index is 1090. The van der Waals surface area contributed by atoms with Crippen LogP contribution in [0.1, 0.15) is 369 Å². The van der Waals surface area contributed by atoms with Crippen molar-refractivity contribution in [2.24, 2.45) is 11.8 Å². The molecular formula is C65H126O6. The first kappa shape index (κ1) is 69.4. The van der Waals surface area contributed by atoms with Gasteiger partial charge >= 0.3 is 17.9 Å². The Kier molecular flexibility index (Phi) is 56.4. The Labute approximate surface area is 444 Å². The zero-order valence-corrected chi connectivity index (χ0v) is 48.9. The van der Waals surface area contributed by atoms with Gasteiger partial charge in [-0.25, -0.2) is 0 Å². The summed E-state index contributed by atoms with van der Waals surface area (Å²) < 4.78 is 17.0. The Hall–Kier alpha value is -1.59. The summed E-state index contributed by atoms with van der Waals surface area (Å²) in [6.07, 6.45) is 63.8. The van der Waals surface area contributed by atoms with Gasteiger partial charge in [-0.05, 0) is 31.1 Å². The van der Waals surface area contributed by atoms with Crippen molar-refractivity contribution in [2.75, 3.05) is 13.2 Å². The maximum atomic E-state index is 12.9. The third-order valence-corrected chi connectivity index (χ3v) is 15.7. The molecular weight excluding hydrogens is 877 g/mol. The summed E-state index contributed by atoms with van der Waals surface area (Å²) in [5, 5.41) is 0. The van der Waals surface area contributed by atoms with Crippen LogP contribution in [-0.4, -0.2) is 37.2 Å². The van der Waals surface area contributed by atoms with Crippen LogP contribution in [0.15, 0.2) is 0 Å². The molecule has 6 nitrogen and oxygen atoms in total. The van der Waals surface area contributed by atoms with Crippen LogP contribution in [-0.2, 0) is 28.6 Å². The van der Waals surface area contributed by atoms with E-state index >= 15 is 0 Å². The highest BCUT2D eigenvalue weighted by Crippen LogP contribution is 2.20. The van der Waals surface area contributed by atoms with Crippen molar-refractivity contribution in [3.05, 3.63) is 0 Å². The Morgan fingerprint density at radius 2 is 0.493 bits per heavy atom. The van der Waals surface area contributed by atoms with E-state index in [0.717, 1.165) is 69.6 Å². The van der Waals surface area contributed by atoms with Crippen LogP contribution in [0.4, 0.5) is 0 Å². The van der Waals surface area contributed by atoms with Gasteiger partial charge < -0.3 is 14.2 Å². The molecule has 0 aromatic rings. The van der Waals surface area contributed by atoms with Gasteiger partial charge in [-0.1, -0.05) is 330 Å². The molecule has 0 aromatic carbocycles. The average Bonchev–Trinajstić information content (AvgIpc) is 3.37. The van der Waals surface area contributed by atoms with E-state index in [1.807, 2.05) is 0 Å². The summed E-state index contributed by atoms with van der Waals surface area (Å²) in [7, 11) is 0. The van der Waals surface area contributed by atoms with E-state index in [-0.39, 0.29) is 31.1 Å². The summed E-state index contributed by atoms with van der Waals surface area (Å²) >= 11 is 0. The fraction of sp³-hybridized carbons (Fsp3) is 0.954. The van der Waals surface area contributed by atoms with Gasteiger partial charge in [-0.2, -0.15) is 0 Å². The smallest absolute Gasteiger partial charge is 0.306 e. The Morgan fingerprint density at radius 3 is 0.732 bits per heavy atom. The second-order valence-electron chi connectivity index (χ2n) is 22.9. The lowest BCUT2D eigenvalue weighted by atomic mass is 9.99. The molecule has 0 rings (SSSR count). The zero-order valence-electron chi connectivity index (χ0n) is 48.9. The normalized spacial score (nSPS) is 12.8. The number of ether oxygens (including phenoxy) is 3. The molecule has 3 atom stereocenters. The van der Waals surface area contributed by atoms with Crippen LogP contribution in [0.3, 0.4) is 0 Å². The van der Waals surface area contributed by atoms with Gasteiger partial charge in [0.25, 0.3) is 0 Å². The first-order valence-corrected chi connectivity index (χ1v) is 32.3. The molecule has 0 saturated heterocycles. The van der Waals surface area contributed by atoms with Crippen molar-refractivity contribution < 1.29 is 28.6 Å². The van der Waals surface area contributed by atoms with E-state index < -0.39 is 6.10 Å². The van der Waals surface area contributed by atoms with Crippen LogP contribution in [0.25, 0.3) is 0 Å². The Morgan fingerprint density at radius 1 is 0.282 bits per heavy atom. The second kappa shape index (κ2) is 57.7. The molecule has 71 heavy (non-hydrogen) atoms. The quantitative estimate of drug-likeness (QED) is 0.0343. The van der Waals surface area contributed by atoms with Crippen molar-refractivity contribution >= 4 is 17.9 Å². The molecule has 0 aliphatic rings. The van der Waals surface area contributed by atoms with Gasteiger partial charge in [0, 0.05) is 19.3 Å². The predicted octanol–water partition coefficient (Wildman–Crippen LogP) is 21.6. The molecule has 0 saturated carbocycles. The van der Waals surface area contributed by atoms with Crippen LogP contribution in [0.5, 0.6) is 0 Å². The number of hydrogen-bond donors (Lipinski definition) is 0. The van der Waals surface area contributed by atoms with Gasteiger partial charge in [0.05, 0.1) is 0 Å². The van der Waals surface area contributed by atoms with Gasteiger partial charge in [-0.15, -0.1) is 0 Å². The lowest BCUT2D eigenvalue weighted by Crippen LogP contribution is -2.30. The fourth-order valence-corrected chi connectivity index (χ4v) is 10.0. The van der Waals surface area contributed by atoms with Crippen molar-refractivity contribution in [1.82, 2.24) is 0 Å². The molecule has 0 heterocycles. The summed E-state index contributed by atoms with van der Waals surface area (Å²) in [5.41, 5.74) is 0. The maximum absolute atomic E-state index is 12.9. The van der Waals surface area contributed by atoms with Gasteiger partial charge in [0.1, 0.15) is 13.2 Å². The largest absolute Gasteiger partial charge is 0.462 e. The van der Waals surface area contributed by atoms with Crippen LogP contribution < -0.4 is 0 Å². The molecule has 2 unspecified atom stereocenters. The molecule has 0 radical (unpaired) electrons. The van der Waals surface area contributed by atoms with Gasteiger partial charge in [0.15, 0.2) is 6.10 Å². The summed E-state index contributed by atoms with van der Waals surface area (Å²) in [5.74, 6) is 0.974. The first-order chi connectivity index (χ1) is 34.8. The topological polar surface area (TPSA) is 78.9 Å². The first-order valence-electron chi connectivity index (χ1n) is 32.3. The number of hydrogen-bond acceptors (Lipinski definition) is 6. The van der Waals surface area contributed by atoms with Gasteiger partial charge in [0.2, 0.25) is 0 Å². The molecule has 0 aromatic heterocycles. The van der Waals surface area contributed by atoms with Crippen molar-refractivity contribution in [3.63, 3.8) is 0 Å². The van der Waals surface area contributed by atoms with Crippen molar-refractivity contribution in [3.8, 4) is 0 Å². The molecule has 0 spiro atoms. The number of unbranched alkanes of at least 4 members (excludes halogenated alkanes) is 42. The highest BCUT2D eigenvalue weighted by Gasteiger charge is 2.19. The molecule has 0 fully saturated rings. The standard InChI is InChI=1S/C65H126O6/c1-6-9-10-11-12-13-14-23-30-35-40-45-50-55-63(66)69-58-62(59-70-64(67)56-51-46-41-36-31-26-22-21-25-29-34-39-44-49-54-61(5)8-3)71-65(68)57-52-47-42-37-32-27-20-18-16-15-17-19-24-28-33-38-43-48-53-60(4)7-2/h60-62H,6-59H2,1-5H3/t60?,61?,62-/m1/s1. The number of rotatable bonds is 59. The second-order valence-corrected chi connectivity index (χ2v) is 22.9. The number of carbonyl (C=O) groups is 3. The molecule has 0 N–H and O–H groups in total. The SMILES string of the molecule is CCCCCCCCCCCCCCCC(=O)OC[C@H](COC(=O)CCCCCCCCCCCCCCCCC(C)CC)OC(=O)CCCCCCCCCCCCCCCCCCCCC(C)CC. The summed E-state index contributed by atoms with van der Waals surface area (Å²) in [6, 6.07) is 0. The molecule has 422 valence electrons. The Balaban J connectivity index is 4.25. The summed E-state index contributed by atoms with van der Waals surface area (Å²) in [6.45, 7) is 11.5. The van der Waals surface area contributed by atoms with Crippen LogP contribution in [0.2, 0.25) is 0 Å². The van der Waals surface area contributed by atoms with E-state index in [1.165, 1.54) is 257 Å². The van der Waals surface area contributed by atoms with E-state index in [4.69, 9.17) is 14.2 Å². The number of esters is 3. The summed E-state index contributed by atoms with van der Waals surface area (Å²) in [4.78, 5) is 38.3. The third kappa shape index (κ3) is 56.0. The molecule has 0 aliphatic carbocycles. The van der Waals surface area contributed by atoms with Crippen molar-refractivity contribution in [2.45, 2.75) is 375 Å². The molecule has 0 bridgehead atoms. The number of carbonyl (C=O) groups excluding carboxylic acids is 3. The lowest BCUT2D eigenvalue weighted by molar-refractivity contribution is -0.167. The lowest BCUT2D eigenvalue weighted by Gasteiger charge is -2.18. The van der Waals surface area contributed by atoms with E-state index in [2.05, 4.69) is 34.6 Å². The molecule has 6 heteroatoms. The van der Waals surface area contributed by atoms with Gasteiger partial charge in [-0.3, -0.25) is 14.4 Å². The minimum atomic E-state index is -0.763.